The van der Waals surface area contributed by atoms with Crippen LogP contribution in [-0.4, -0.2) is 35.1 Å². The van der Waals surface area contributed by atoms with Gasteiger partial charge in [-0.25, -0.2) is 9.37 Å². The van der Waals surface area contributed by atoms with E-state index in [1.807, 2.05) is 22.9 Å². The molecule has 0 radical (unpaired) electrons. The predicted octanol–water partition coefficient (Wildman–Crippen LogP) is 2.93. The second kappa shape index (κ2) is 6.24. The number of thiazole rings is 1. The van der Waals surface area contributed by atoms with Crippen molar-refractivity contribution in [3.05, 3.63) is 58.6 Å². The number of ether oxygens (including phenoxy) is 1. The summed E-state index contributed by atoms with van der Waals surface area (Å²) in [5.74, 6) is -0.423. The number of amides is 1. The molecule has 1 aromatic carbocycles. The molecular formula is C18H18FN3O2S. The first-order valence-corrected chi connectivity index (χ1v) is 9.01. The molecule has 3 aromatic rings. The van der Waals surface area contributed by atoms with Crippen molar-refractivity contribution in [3.8, 4) is 0 Å². The molecule has 25 heavy (non-hydrogen) atoms. The highest BCUT2D eigenvalue weighted by Gasteiger charge is 2.37. The lowest BCUT2D eigenvalue weighted by atomic mass is 9.79. The number of hydrogen-bond acceptors (Lipinski definition) is 4. The van der Waals surface area contributed by atoms with E-state index in [1.54, 1.807) is 12.1 Å². The molecule has 0 bridgehead atoms. The summed E-state index contributed by atoms with van der Waals surface area (Å²) in [6.45, 7) is 3.42. The Balaban J connectivity index is 1.57. The summed E-state index contributed by atoms with van der Waals surface area (Å²) in [5, 5.41) is 4.94. The molecule has 3 heterocycles. The van der Waals surface area contributed by atoms with Gasteiger partial charge in [0.25, 0.3) is 5.91 Å². The molecule has 4 rings (SSSR count). The first-order valence-electron chi connectivity index (χ1n) is 8.13. The zero-order valence-corrected chi connectivity index (χ0v) is 14.6. The summed E-state index contributed by atoms with van der Waals surface area (Å²) in [6, 6.07) is 6.45. The maximum Gasteiger partial charge on any atom is 0.270 e. The number of nitrogens with zero attached hydrogens (tertiary/aromatic N) is 2. The minimum atomic E-state index is -0.324. The minimum absolute atomic E-state index is 0.156. The molecule has 5 nitrogen and oxygen atoms in total. The van der Waals surface area contributed by atoms with Crippen molar-refractivity contribution >= 4 is 22.2 Å². The van der Waals surface area contributed by atoms with Crippen LogP contribution in [0.15, 0.2) is 35.8 Å². The van der Waals surface area contributed by atoms with E-state index in [0.29, 0.717) is 31.1 Å². The molecule has 1 N–H and O–H groups in total. The number of carbonyl (C=O) groups is 1. The van der Waals surface area contributed by atoms with Gasteiger partial charge in [-0.1, -0.05) is 12.1 Å². The summed E-state index contributed by atoms with van der Waals surface area (Å²) in [4.78, 5) is 18.0. The molecule has 1 aliphatic rings. The quantitative estimate of drug-likeness (QED) is 0.779. The Morgan fingerprint density at radius 2 is 2.24 bits per heavy atom. The van der Waals surface area contributed by atoms with Gasteiger partial charge in [0, 0.05) is 30.1 Å². The normalized spacial score (nSPS) is 20.2. The molecule has 1 amide bonds. The summed E-state index contributed by atoms with van der Waals surface area (Å²) in [6.07, 6.45) is 2.64. The van der Waals surface area contributed by atoms with Crippen LogP contribution in [0.1, 0.15) is 28.2 Å². The van der Waals surface area contributed by atoms with E-state index >= 15 is 0 Å². The van der Waals surface area contributed by atoms with Gasteiger partial charge in [-0.2, -0.15) is 0 Å². The minimum Gasteiger partial charge on any atom is -0.380 e. The van der Waals surface area contributed by atoms with Gasteiger partial charge in [-0.3, -0.25) is 9.20 Å². The van der Waals surface area contributed by atoms with E-state index in [-0.39, 0.29) is 17.1 Å². The number of fused-ring (bicyclic) bond motifs is 1. The van der Waals surface area contributed by atoms with Gasteiger partial charge in [0.2, 0.25) is 0 Å². The van der Waals surface area contributed by atoms with E-state index in [0.717, 1.165) is 16.9 Å². The van der Waals surface area contributed by atoms with Crippen molar-refractivity contribution in [1.29, 1.82) is 0 Å². The Kier molecular flexibility index (Phi) is 4.05. The van der Waals surface area contributed by atoms with Crippen LogP contribution >= 0.6 is 11.3 Å². The molecule has 1 atom stereocenters. The van der Waals surface area contributed by atoms with Crippen LogP contribution in [0.3, 0.4) is 0 Å². The summed E-state index contributed by atoms with van der Waals surface area (Å²) < 4.78 is 20.7. The van der Waals surface area contributed by atoms with E-state index in [4.69, 9.17) is 4.74 Å². The van der Waals surface area contributed by atoms with Crippen LogP contribution in [0.5, 0.6) is 0 Å². The Morgan fingerprint density at radius 3 is 2.96 bits per heavy atom. The van der Waals surface area contributed by atoms with Crippen LogP contribution in [0.2, 0.25) is 0 Å². The predicted molar refractivity (Wildman–Crippen MR) is 93.7 cm³/mol. The Labute approximate surface area is 148 Å². The lowest BCUT2D eigenvalue weighted by Gasteiger charge is -2.28. The van der Waals surface area contributed by atoms with Crippen LogP contribution in [-0.2, 0) is 10.2 Å². The van der Waals surface area contributed by atoms with Gasteiger partial charge in [0.05, 0.1) is 12.3 Å². The third-order valence-electron chi connectivity index (χ3n) is 4.80. The number of aryl methyl sites for hydroxylation is 1. The number of rotatable bonds is 4. The first-order chi connectivity index (χ1) is 12.1. The molecule has 2 aromatic heterocycles. The molecular weight excluding hydrogens is 341 g/mol. The number of halogens is 1. The Morgan fingerprint density at radius 1 is 1.44 bits per heavy atom. The number of nitrogens with one attached hydrogen (secondary N) is 1. The van der Waals surface area contributed by atoms with Gasteiger partial charge in [0.15, 0.2) is 4.96 Å². The van der Waals surface area contributed by atoms with Gasteiger partial charge in [-0.15, -0.1) is 11.3 Å². The average molecular weight is 359 g/mol. The number of hydrogen-bond donors (Lipinski definition) is 1. The van der Waals surface area contributed by atoms with Gasteiger partial charge >= 0.3 is 0 Å². The number of aromatic nitrogens is 2. The second-order valence-electron chi connectivity index (χ2n) is 6.37. The van der Waals surface area contributed by atoms with Crippen LogP contribution in [0.25, 0.3) is 4.96 Å². The fourth-order valence-electron chi connectivity index (χ4n) is 3.38. The molecule has 1 saturated heterocycles. The van der Waals surface area contributed by atoms with Crippen molar-refractivity contribution in [1.82, 2.24) is 14.7 Å². The highest BCUT2D eigenvalue weighted by atomic mass is 32.1. The van der Waals surface area contributed by atoms with Crippen molar-refractivity contribution < 1.29 is 13.9 Å². The zero-order valence-electron chi connectivity index (χ0n) is 13.8. The molecule has 0 unspecified atom stereocenters. The molecule has 7 heteroatoms. The smallest absolute Gasteiger partial charge is 0.270 e. The van der Waals surface area contributed by atoms with Crippen LogP contribution in [0.4, 0.5) is 4.39 Å². The van der Waals surface area contributed by atoms with Crippen molar-refractivity contribution in [2.24, 2.45) is 0 Å². The van der Waals surface area contributed by atoms with Gasteiger partial charge in [-0.05, 0) is 31.0 Å². The highest BCUT2D eigenvalue weighted by Crippen LogP contribution is 2.33. The Bertz CT molecular complexity index is 910. The SMILES string of the molecule is Cc1nc2sccn2c1C(=O)NC[C@]1(c2ccc(F)cc2)CCOC1. The van der Waals surface area contributed by atoms with E-state index < -0.39 is 0 Å². The van der Waals surface area contributed by atoms with Crippen molar-refractivity contribution in [2.45, 2.75) is 18.8 Å². The Hall–Kier alpha value is -2.25. The summed E-state index contributed by atoms with van der Waals surface area (Å²) in [7, 11) is 0. The largest absolute Gasteiger partial charge is 0.380 e. The van der Waals surface area contributed by atoms with Crippen LogP contribution in [0, 0.1) is 12.7 Å². The maximum atomic E-state index is 13.3. The zero-order chi connectivity index (χ0) is 17.4. The third kappa shape index (κ3) is 2.83. The fourth-order valence-corrected chi connectivity index (χ4v) is 4.14. The fraction of sp³-hybridized carbons (Fsp3) is 0.333. The lowest BCUT2D eigenvalue weighted by Crippen LogP contribution is -2.41. The van der Waals surface area contributed by atoms with E-state index in [1.165, 1.54) is 23.5 Å². The topological polar surface area (TPSA) is 55.6 Å². The van der Waals surface area contributed by atoms with Crippen molar-refractivity contribution in [3.63, 3.8) is 0 Å². The van der Waals surface area contributed by atoms with Crippen molar-refractivity contribution in [2.75, 3.05) is 19.8 Å². The number of benzene rings is 1. The highest BCUT2D eigenvalue weighted by molar-refractivity contribution is 7.15. The number of carbonyl (C=O) groups excluding carboxylic acids is 1. The lowest BCUT2D eigenvalue weighted by molar-refractivity contribution is 0.0932. The third-order valence-corrected chi connectivity index (χ3v) is 5.56. The number of imidazole rings is 1. The molecule has 1 fully saturated rings. The average Bonchev–Trinajstić information content (AvgIpc) is 3.30. The molecule has 0 aliphatic carbocycles. The molecule has 0 saturated carbocycles. The standard InChI is InChI=1S/C18H18FN3O2S/c1-12-15(22-7-9-25-17(22)21-12)16(23)20-10-18(6-8-24-11-18)13-2-4-14(19)5-3-13/h2-5,7,9H,6,8,10-11H2,1H3,(H,20,23)/t18-/m1/s1. The molecule has 1 aliphatic heterocycles. The first kappa shape index (κ1) is 16.2. The molecule has 0 spiro atoms. The summed E-state index contributed by atoms with van der Waals surface area (Å²) in [5.41, 5.74) is 1.93. The van der Waals surface area contributed by atoms with Crippen LogP contribution < -0.4 is 5.32 Å². The monoisotopic (exact) mass is 359 g/mol. The van der Waals surface area contributed by atoms with Gasteiger partial charge < -0.3 is 10.1 Å². The second-order valence-corrected chi connectivity index (χ2v) is 7.25. The van der Waals surface area contributed by atoms with E-state index in [9.17, 15) is 9.18 Å². The van der Waals surface area contributed by atoms with E-state index in [2.05, 4.69) is 10.3 Å². The maximum absolute atomic E-state index is 13.3. The summed E-state index contributed by atoms with van der Waals surface area (Å²) >= 11 is 1.50. The van der Waals surface area contributed by atoms with Gasteiger partial charge in [0.1, 0.15) is 11.5 Å². The molecule has 130 valence electrons.